The Labute approximate surface area is 117 Å². The van der Waals surface area contributed by atoms with E-state index >= 15 is 0 Å². The molecule has 0 bridgehead atoms. The SMILES string of the molecule is CCNC(CC)c1ccccc1Sc1nnnn1C. The second-order valence-corrected chi connectivity index (χ2v) is 5.25. The van der Waals surface area contributed by atoms with Gasteiger partial charge in [-0.2, -0.15) is 0 Å². The van der Waals surface area contributed by atoms with Crippen LogP contribution >= 0.6 is 11.8 Å². The Bertz CT molecular complexity index is 525. The second-order valence-electron chi connectivity index (χ2n) is 4.24. The molecule has 0 radical (unpaired) electrons. The van der Waals surface area contributed by atoms with Crippen molar-refractivity contribution in [2.75, 3.05) is 6.54 Å². The van der Waals surface area contributed by atoms with Gasteiger partial charge in [0.05, 0.1) is 0 Å². The van der Waals surface area contributed by atoms with E-state index in [2.05, 4.69) is 52.9 Å². The molecule has 1 aromatic carbocycles. The summed E-state index contributed by atoms with van der Waals surface area (Å²) in [5.41, 5.74) is 1.31. The number of aryl methyl sites for hydroxylation is 1. The van der Waals surface area contributed by atoms with Crippen molar-refractivity contribution < 1.29 is 0 Å². The molecular weight excluding hydrogens is 258 g/mol. The number of tetrazole rings is 1. The van der Waals surface area contributed by atoms with Gasteiger partial charge >= 0.3 is 0 Å². The van der Waals surface area contributed by atoms with Gasteiger partial charge in [-0.15, -0.1) is 5.10 Å². The summed E-state index contributed by atoms with van der Waals surface area (Å²) in [6.07, 6.45) is 1.06. The van der Waals surface area contributed by atoms with Gasteiger partial charge in [-0.25, -0.2) is 4.68 Å². The molecule has 0 aliphatic heterocycles. The highest BCUT2D eigenvalue weighted by molar-refractivity contribution is 7.99. The van der Waals surface area contributed by atoms with Crippen LogP contribution in [0, 0.1) is 0 Å². The number of benzene rings is 1. The van der Waals surface area contributed by atoms with Crippen molar-refractivity contribution in [1.82, 2.24) is 25.5 Å². The van der Waals surface area contributed by atoms with Crippen LogP contribution in [0.15, 0.2) is 34.3 Å². The summed E-state index contributed by atoms with van der Waals surface area (Å²) in [4.78, 5) is 1.20. The molecule has 1 aromatic heterocycles. The first-order valence-electron chi connectivity index (χ1n) is 6.48. The lowest BCUT2D eigenvalue weighted by Crippen LogP contribution is -2.20. The fourth-order valence-corrected chi connectivity index (χ4v) is 2.91. The number of hydrogen-bond donors (Lipinski definition) is 1. The Morgan fingerprint density at radius 3 is 2.74 bits per heavy atom. The van der Waals surface area contributed by atoms with Crippen molar-refractivity contribution in [2.24, 2.45) is 7.05 Å². The molecule has 5 nitrogen and oxygen atoms in total. The molecule has 102 valence electrons. The second kappa shape index (κ2) is 6.68. The van der Waals surface area contributed by atoms with E-state index in [0.29, 0.717) is 6.04 Å². The third-order valence-electron chi connectivity index (χ3n) is 2.94. The Hall–Kier alpha value is -1.40. The zero-order valence-electron chi connectivity index (χ0n) is 11.5. The predicted molar refractivity (Wildman–Crippen MR) is 76.1 cm³/mol. The smallest absolute Gasteiger partial charge is 0.213 e. The topological polar surface area (TPSA) is 55.6 Å². The predicted octanol–water partition coefficient (Wildman–Crippen LogP) is 2.42. The summed E-state index contributed by atoms with van der Waals surface area (Å²) in [5, 5.41) is 15.9. The number of hydrogen-bond acceptors (Lipinski definition) is 5. The minimum atomic E-state index is 0.370. The van der Waals surface area contributed by atoms with Crippen molar-refractivity contribution in [3.8, 4) is 0 Å². The molecule has 1 atom stereocenters. The highest BCUT2D eigenvalue weighted by Crippen LogP contribution is 2.32. The van der Waals surface area contributed by atoms with E-state index in [0.717, 1.165) is 18.1 Å². The van der Waals surface area contributed by atoms with Crippen LogP contribution in [-0.2, 0) is 7.05 Å². The van der Waals surface area contributed by atoms with E-state index in [1.807, 2.05) is 13.1 Å². The van der Waals surface area contributed by atoms with E-state index in [1.165, 1.54) is 10.5 Å². The maximum atomic E-state index is 4.03. The number of aromatic nitrogens is 4. The zero-order chi connectivity index (χ0) is 13.7. The third kappa shape index (κ3) is 3.33. The van der Waals surface area contributed by atoms with E-state index in [-0.39, 0.29) is 0 Å². The standard InChI is InChI=1S/C13H19N5S/c1-4-11(14-5-2)10-8-6-7-9-12(10)19-13-15-16-17-18(13)3/h6-9,11,14H,4-5H2,1-3H3. The van der Waals surface area contributed by atoms with Crippen LogP contribution in [0.25, 0.3) is 0 Å². The summed E-state index contributed by atoms with van der Waals surface area (Å²) in [6, 6.07) is 8.79. The lowest BCUT2D eigenvalue weighted by atomic mass is 10.0. The van der Waals surface area contributed by atoms with Crippen LogP contribution in [0.1, 0.15) is 31.9 Å². The summed E-state index contributed by atoms with van der Waals surface area (Å²) >= 11 is 1.60. The molecule has 2 aromatic rings. The molecule has 6 heteroatoms. The van der Waals surface area contributed by atoms with Crippen molar-refractivity contribution in [3.63, 3.8) is 0 Å². The lowest BCUT2D eigenvalue weighted by Gasteiger charge is -2.19. The highest BCUT2D eigenvalue weighted by atomic mass is 32.2. The fraction of sp³-hybridized carbons (Fsp3) is 0.462. The quantitative estimate of drug-likeness (QED) is 0.879. The number of nitrogens with one attached hydrogen (secondary N) is 1. The van der Waals surface area contributed by atoms with Crippen LogP contribution < -0.4 is 5.32 Å². The first kappa shape index (κ1) is 14.0. The molecule has 0 saturated carbocycles. The maximum Gasteiger partial charge on any atom is 0.213 e. The van der Waals surface area contributed by atoms with Crippen molar-refractivity contribution >= 4 is 11.8 Å². The summed E-state index contributed by atoms with van der Waals surface area (Å²) in [7, 11) is 1.85. The number of rotatable bonds is 6. The fourth-order valence-electron chi connectivity index (χ4n) is 1.99. The lowest BCUT2D eigenvalue weighted by molar-refractivity contribution is 0.530. The molecule has 0 aliphatic rings. The van der Waals surface area contributed by atoms with Gasteiger partial charge in [0, 0.05) is 18.0 Å². The van der Waals surface area contributed by atoms with Gasteiger partial charge in [0.2, 0.25) is 5.16 Å². The maximum absolute atomic E-state index is 4.03. The Morgan fingerprint density at radius 1 is 1.32 bits per heavy atom. The van der Waals surface area contributed by atoms with Gasteiger partial charge in [0.15, 0.2) is 0 Å². The Balaban J connectivity index is 2.27. The first-order chi connectivity index (χ1) is 9.26. The summed E-state index contributed by atoms with van der Waals surface area (Å²) < 4.78 is 1.69. The van der Waals surface area contributed by atoms with Crippen molar-refractivity contribution in [1.29, 1.82) is 0 Å². The van der Waals surface area contributed by atoms with Crippen LogP contribution in [-0.4, -0.2) is 26.8 Å². The van der Waals surface area contributed by atoms with Crippen LogP contribution in [0.4, 0.5) is 0 Å². The zero-order valence-corrected chi connectivity index (χ0v) is 12.3. The third-order valence-corrected chi connectivity index (χ3v) is 4.06. The average Bonchev–Trinajstić information content (AvgIpc) is 2.83. The molecule has 1 unspecified atom stereocenters. The molecule has 0 amide bonds. The molecule has 1 N–H and O–H groups in total. The Morgan fingerprint density at radius 2 is 2.11 bits per heavy atom. The van der Waals surface area contributed by atoms with Gasteiger partial charge in [-0.3, -0.25) is 0 Å². The minimum absolute atomic E-state index is 0.370. The van der Waals surface area contributed by atoms with E-state index in [9.17, 15) is 0 Å². The van der Waals surface area contributed by atoms with Crippen LogP contribution in [0.5, 0.6) is 0 Å². The first-order valence-corrected chi connectivity index (χ1v) is 7.30. The largest absolute Gasteiger partial charge is 0.310 e. The summed E-state index contributed by atoms with van der Waals surface area (Å²) in [6.45, 7) is 5.28. The Kier molecular flexibility index (Phi) is 4.93. The van der Waals surface area contributed by atoms with E-state index in [4.69, 9.17) is 0 Å². The van der Waals surface area contributed by atoms with E-state index in [1.54, 1.807) is 16.4 Å². The molecule has 0 fully saturated rings. The molecular formula is C13H19N5S. The minimum Gasteiger partial charge on any atom is -0.310 e. The van der Waals surface area contributed by atoms with Crippen LogP contribution in [0.2, 0.25) is 0 Å². The van der Waals surface area contributed by atoms with Crippen LogP contribution in [0.3, 0.4) is 0 Å². The molecule has 2 rings (SSSR count). The summed E-state index contributed by atoms with van der Waals surface area (Å²) in [5.74, 6) is 0. The highest BCUT2D eigenvalue weighted by Gasteiger charge is 2.14. The van der Waals surface area contributed by atoms with Gasteiger partial charge in [-0.1, -0.05) is 32.0 Å². The number of nitrogens with zero attached hydrogens (tertiary/aromatic N) is 4. The molecule has 1 heterocycles. The van der Waals surface area contributed by atoms with Gasteiger partial charge < -0.3 is 5.32 Å². The van der Waals surface area contributed by atoms with Crippen molar-refractivity contribution in [2.45, 2.75) is 36.4 Å². The molecule has 19 heavy (non-hydrogen) atoms. The monoisotopic (exact) mass is 277 g/mol. The van der Waals surface area contributed by atoms with Crippen molar-refractivity contribution in [3.05, 3.63) is 29.8 Å². The molecule has 0 aliphatic carbocycles. The normalized spacial score (nSPS) is 12.6. The average molecular weight is 277 g/mol. The van der Waals surface area contributed by atoms with Gasteiger partial charge in [-0.05, 0) is 46.8 Å². The van der Waals surface area contributed by atoms with Gasteiger partial charge in [0.25, 0.3) is 0 Å². The molecule has 0 spiro atoms. The molecule has 0 saturated heterocycles. The van der Waals surface area contributed by atoms with E-state index < -0.39 is 0 Å². The van der Waals surface area contributed by atoms with Gasteiger partial charge in [0.1, 0.15) is 0 Å².